The van der Waals surface area contributed by atoms with Gasteiger partial charge in [-0.25, -0.2) is 4.98 Å². The fraction of sp³-hybridized carbons (Fsp3) is 0.179. The Morgan fingerprint density at radius 1 is 1.00 bits per heavy atom. The molecule has 0 saturated carbocycles. The summed E-state index contributed by atoms with van der Waals surface area (Å²) in [5.41, 5.74) is 4.69. The van der Waals surface area contributed by atoms with E-state index in [0.717, 1.165) is 33.5 Å². The molecular weight excluding hydrogens is 442 g/mol. The summed E-state index contributed by atoms with van der Waals surface area (Å²) in [6, 6.07) is 24.9. The van der Waals surface area contributed by atoms with E-state index in [4.69, 9.17) is 21.9 Å². The lowest BCUT2D eigenvalue weighted by Crippen LogP contribution is -2.34. The quantitative estimate of drug-likeness (QED) is 0.321. The van der Waals surface area contributed by atoms with Crippen molar-refractivity contribution in [2.75, 3.05) is 11.9 Å². The van der Waals surface area contributed by atoms with E-state index in [1.807, 2.05) is 79.7 Å². The van der Waals surface area contributed by atoms with Crippen LogP contribution in [0.25, 0.3) is 22.2 Å². The minimum absolute atomic E-state index is 0.242. The Hall–Kier alpha value is -3.77. The van der Waals surface area contributed by atoms with Crippen molar-refractivity contribution in [2.45, 2.75) is 20.8 Å². The minimum atomic E-state index is -0.293. The SMILES string of the molecule is Cc1ccccc1NC(=S)NC(=O)c1cc(-c2cccc(OCC(C)C)c2)nc2ccccc12. The van der Waals surface area contributed by atoms with Gasteiger partial charge in [0.15, 0.2) is 5.11 Å². The number of thiocarbonyl (C=S) groups is 1. The number of pyridine rings is 1. The van der Waals surface area contributed by atoms with Crippen LogP contribution < -0.4 is 15.4 Å². The first-order chi connectivity index (χ1) is 16.4. The lowest BCUT2D eigenvalue weighted by atomic mass is 10.0. The number of rotatable bonds is 6. The molecule has 0 aliphatic heterocycles. The van der Waals surface area contributed by atoms with E-state index in [0.29, 0.717) is 23.8 Å². The van der Waals surface area contributed by atoms with Crippen molar-refractivity contribution in [1.82, 2.24) is 10.3 Å². The van der Waals surface area contributed by atoms with Gasteiger partial charge in [0.1, 0.15) is 5.75 Å². The van der Waals surface area contributed by atoms with Crippen molar-refractivity contribution in [3.8, 4) is 17.0 Å². The Balaban J connectivity index is 1.64. The van der Waals surface area contributed by atoms with Crippen molar-refractivity contribution in [1.29, 1.82) is 0 Å². The van der Waals surface area contributed by atoms with Crippen molar-refractivity contribution in [3.63, 3.8) is 0 Å². The van der Waals surface area contributed by atoms with Gasteiger partial charge in [0.05, 0.1) is 23.4 Å². The maximum absolute atomic E-state index is 13.3. The molecule has 0 aliphatic rings. The molecule has 0 saturated heterocycles. The van der Waals surface area contributed by atoms with Crippen LogP contribution >= 0.6 is 12.2 Å². The number of para-hydroxylation sites is 2. The van der Waals surface area contributed by atoms with Crippen LogP contribution in [0.1, 0.15) is 29.8 Å². The fourth-order valence-electron chi connectivity index (χ4n) is 3.56. The molecule has 0 spiro atoms. The molecule has 4 rings (SSSR count). The van der Waals surface area contributed by atoms with Crippen LogP contribution in [0.2, 0.25) is 0 Å². The summed E-state index contributed by atoms with van der Waals surface area (Å²) in [5, 5.41) is 6.92. The second kappa shape index (κ2) is 10.4. The predicted octanol–water partition coefficient (Wildman–Crippen LogP) is 6.37. The molecule has 2 N–H and O–H groups in total. The Bertz CT molecular complexity index is 1350. The van der Waals surface area contributed by atoms with Gasteiger partial charge in [-0.1, -0.05) is 62.4 Å². The zero-order valence-corrected chi connectivity index (χ0v) is 20.3. The Morgan fingerprint density at radius 3 is 2.56 bits per heavy atom. The third-order valence-corrected chi connectivity index (χ3v) is 5.50. The Morgan fingerprint density at radius 2 is 1.76 bits per heavy atom. The van der Waals surface area contributed by atoms with Crippen molar-refractivity contribution >= 4 is 39.8 Å². The number of nitrogens with one attached hydrogen (secondary N) is 2. The molecule has 0 radical (unpaired) electrons. The van der Waals surface area contributed by atoms with E-state index in [9.17, 15) is 4.79 Å². The summed E-state index contributed by atoms with van der Waals surface area (Å²) in [7, 11) is 0. The van der Waals surface area contributed by atoms with Crippen LogP contribution in [0.4, 0.5) is 5.69 Å². The molecule has 172 valence electrons. The maximum atomic E-state index is 13.3. The van der Waals surface area contributed by atoms with Gasteiger partial charge in [0.25, 0.3) is 5.91 Å². The van der Waals surface area contributed by atoms with Gasteiger partial charge >= 0.3 is 0 Å². The van der Waals surface area contributed by atoms with Gasteiger partial charge < -0.3 is 10.1 Å². The second-order valence-electron chi connectivity index (χ2n) is 8.53. The molecule has 0 unspecified atom stereocenters. The molecule has 6 heteroatoms. The van der Waals surface area contributed by atoms with E-state index < -0.39 is 0 Å². The van der Waals surface area contributed by atoms with Gasteiger partial charge in [-0.15, -0.1) is 0 Å². The highest BCUT2D eigenvalue weighted by Gasteiger charge is 2.16. The normalized spacial score (nSPS) is 10.8. The minimum Gasteiger partial charge on any atom is -0.493 e. The third kappa shape index (κ3) is 5.58. The standard InChI is InChI=1S/C28H27N3O2S/c1-18(2)17-33-21-11-8-10-20(15-21)26-16-23(22-12-5-7-14-25(22)29-26)27(32)31-28(34)30-24-13-6-4-9-19(24)3/h4-16,18H,17H2,1-3H3,(H2,30,31,32,34). The van der Waals surface area contributed by atoms with Gasteiger partial charge in [-0.2, -0.15) is 0 Å². The highest BCUT2D eigenvalue weighted by Crippen LogP contribution is 2.27. The molecule has 1 heterocycles. The van der Waals surface area contributed by atoms with Crippen molar-refractivity contribution in [3.05, 3.63) is 90.0 Å². The van der Waals surface area contributed by atoms with E-state index >= 15 is 0 Å². The average molecular weight is 470 g/mol. The third-order valence-electron chi connectivity index (χ3n) is 5.29. The fourth-order valence-corrected chi connectivity index (χ4v) is 3.76. The Kier molecular flexibility index (Phi) is 7.18. The summed E-state index contributed by atoms with van der Waals surface area (Å²) in [5.74, 6) is 0.906. The van der Waals surface area contributed by atoms with E-state index in [1.165, 1.54) is 0 Å². The molecule has 3 aromatic carbocycles. The number of fused-ring (bicyclic) bond motifs is 1. The lowest BCUT2D eigenvalue weighted by molar-refractivity contribution is 0.0979. The molecule has 1 aromatic heterocycles. The number of amides is 1. The monoisotopic (exact) mass is 469 g/mol. The topological polar surface area (TPSA) is 63.2 Å². The number of benzene rings is 3. The molecule has 0 fully saturated rings. The van der Waals surface area contributed by atoms with Crippen LogP contribution in [0.5, 0.6) is 5.75 Å². The number of ether oxygens (including phenoxy) is 1. The molecule has 0 bridgehead atoms. The average Bonchev–Trinajstić information content (AvgIpc) is 2.83. The highest BCUT2D eigenvalue weighted by molar-refractivity contribution is 7.80. The molecule has 34 heavy (non-hydrogen) atoms. The highest BCUT2D eigenvalue weighted by atomic mass is 32.1. The van der Waals surface area contributed by atoms with E-state index in [2.05, 4.69) is 24.5 Å². The van der Waals surface area contributed by atoms with Gasteiger partial charge in [-0.3, -0.25) is 10.1 Å². The number of hydrogen-bond acceptors (Lipinski definition) is 4. The smallest absolute Gasteiger partial charge is 0.258 e. The molecule has 1 amide bonds. The maximum Gasteiger partial charge on any atom is 0.258 e. The molecule has 0 atom stereocenters. The Labute approximate surface area is 205 Å². The first-order valence-electron chi connectivity index (χ1n) is 11.2. The van der Waals surface area contributed by atoms with Crippen molar-refractivity contribution < 1.29 is 9.53 Å². The predicted molar refractivity (Wildman–Crippen MR) is 142 cm³/mol. The largest absolute Gasteiger partial charge is 0.493 e. The number of hydrogen-bond donors (Lipinski definition) is 2. The van der Waals surface area contributed by atoms with Gasteiger partial charge in [0, 0.05) is 16.6 Å². The molecule has 0 aliphatic carbocycles. The molecule has 5 nitrogen and oxygen atoms in total. The van der Waals surface area contributed by atoms with Crippen LogP contribution in [-0.2, 0) is 0 Å². The number of carbonyl (C=O) groups is 1. The number of nitrogens with zero attached hydrogens (tertiary/aromatic N) is 1. The zero-order chi connectivity index (χ0) is 24.1. The summed E-state index contributed by atoms with van der Waals surface area (Å²) >= 11 is 5.41. The number of anilines is 1. The second-order valence-corrected chi connectivity index (χ2v) is 8.94. The van der Waals surface area contributed by atoms with Crippen molar-refractivity contribution in [2.24, 2.45) is 5.92 Å². The summed E-state index contributed by atoms with van der Waals surface area (Å²) < 4.78 is 5.88. The van der Waals surface area contributed by atoms with Gasteiger partial charge in [0.2, 0.25) is 0 Å². The lowest BCUT2D eigenvalue weighted by Gasteiger charge is -2.14. The first kappa shape index (κ1) is 23.4. The summed E-state index contributed by atoms with van der Waals surface area (Å²) in [4.78, 5) is 18.1. The number of aryl methyl sites for hydroxylation is 1. The van der Waals surface area contributed by atoms with Crippen LogP contribution in [0.3, 0.4) is 0 Å². The molecule has 4 aromatic rings. The van der Waals surface area contributed by atoms with Crippen LogP contribution in [0.15, 0.2) is 78.9 Å². The molecular formula is C28H27N3O2S. The first-order valence-corrected chi connectivity index (χ1v) is 11.6. The van der Waals surface area contributed by atoms with Gasteiger partial charge in [-0.05, 0) is 61.0 Å². The van der Waals surface area contributed by atoms with E-state index in [1.54, 1.807) is 6.07 Å². The summed E-state index contributed by atoms with van der Waals surface area (Å²) in [6.45, 7) is 6.83. The number of aromatic nitrogens is 1. The van der Waals surface area contributed by atoms with E-state index in [-0.39, 0.29) is 11.0 Å². The number of carbonyl (C=O) groups excluding carboxylic acids is 1. The zero-order valence-electron chi connectivity index (χ0n) is 19.5. The van der Waals surface area contributed by atoms with Crippen LogP contribution in [0, 0.1) is 12.8 Å². The van der Waals surface area contributed by atoms with Crippen LogP contribution in [-0.4, -0.2) is 22.6 Å². The summed E-state index contributed by atoms with van der Waals surface area (Å²) in [6.07, 6.45) is 0.